The van der Waals surface area contributed by atoms with Crippen molar-refractivity contribution >= 4 is 35.2 Å². The molecule has 170 valence electrons. The lowest BCUT2D eigenvalue weighted by Crippen LogP contribution is -2.56. The number of hydrogen-bond donors (Lipinski definition) is 4. The molecule has 0 aliphatic carbocycles. The highest BCUT2D eigenvalue weighted by molar-refractivity contribution is 8.00. The van der Waals surface area contributed by atoms with Crippen molar-refractivity contribution in [3.05, 3.63) is 60.2 Å². The number of amides is 3. The third-order valence-electron chi connectivity index (χ3n) is 4.71. The van der Waals surface area contributed by atoms with Crippen LogP contribution in [0.4, 0.5) is 5.69 Å². The van der Waals surface area contributed by atoms with E-state index in [1.807, 2.05) is 37.3 Å². The molecular formula is C23H28N4O4S. The molecule has 0 bridgehead atoms. The van der Waals surface area contributed by atoms with Crippen molar-refractivity contribution in [3.8, 4) is 5.75 Å². The lowest BCUT2D eigenvalue weighted by atomic mass is 10.1. The van der Waals surface area contributed by atoms with Crippen molar-refractivity contribution in [1.82, 2.24) is 16.0 Å². The summed E-state index contributed by atoms with van der Waals surface area (Å²) in [6.07, 6.45) is 0.407. The van der Waals surface area contributed by atoms with Gasteiger partial charge < -0.3 is 20.7 Å². The summed E-state index contributed by atoms with van der Waals surface area (Å²) in [5.74, 6) is 0.441. The topological polar surface area (TPSA) is 109 Å². The Morgan fingerprint density at radius 1 is 1.09 bits per heavy atom. The van der Waals surface area contributed by atoms with E-state index in [1.54, 1.807) is 24.3 Å². The summed E-state index contributed by atoms with van der Waals surface area (Å²) in [7, 11) is 0. The Labute approximate surface area is 191 Å². The van der Waals surface area contributed by atoms with Gasteiger partial charge in [0.1, 0.15) is 11.2 Å². The molecule has 9 heteroatoms. The molecule has 8 nitrogen and oxygen atoms in total. The van der Waals surface area contributed by atoms with Gasteiger partial charge in [-0.15, -0.1) is 11.8 Å². The molecule has 0 spiro atoms. The van der Waals surface area contributed by atoms with Crippen LogP contribution in [0.3, 0.4) is 0 Å². The van der Waals surface area contributed by atoms with E-state index in [4.69, 9.17) is 4.74 Å². The van der Waals surface area contributed by atoms with Crippen molar-refractivity contribution in [2.45, 2.75) is 37.8 Å². The fraction of sp³-hybridized carbons (Fsp3) is 0.348. The summed E-state index contributed by atoms with van der Waals surface area (Å²) >= 11 is 1.27. The molecule has 32 heavy (non-hydrogen) atoms. The van der Waals surface area contributed by atoms with Gasteiger partial charge >= 0.3 is 0 Å². The lowest BCUT2D eigenvalue weighted by molar-refractivity contribution is -0.125. The number of anilines is 1. The molecule has 1 fully saturated rings. The van der Waals surface area contributed by atoms with Crippen LogP contribution in [0.5, 0.6) is 5.75 Å². The Morgan fingerprint density at radius 3 is 2.56 bits per heavy atom. The number of nitrogens with one attached hydrogen (secondary N) is 4. The van der Waals surface area contributed by atoms with Crippen LogP contribution in [-0.2, 0) is 20.9 Å². The Bertz CT molecular complexity index is 908. The number of thioether (sulfide) groups is 1. The molecule has 1 heterocycles. The zero-order valence-corrected chi connectivity index (χ0v) is 18.7. The number of rotatable bonds is 10. The fourth-order valence-corrected chi connectivity index (χ4v) is 4.11. The lowest BCUT2D eigenvalue weighted by Gasteiger charge is -2.30. The second-order valence-corrected chi connectivity index (χ2v) is 8.39. The third kappa shape index (κ3) is 7.90. The van der Waals surface area contributed by atoms with E-state index in [-0.39, 0.29) is 42.4 Å². The van der Waals surface area contributed by atoms with Gasteiger partial charge in [-0.2, -0.15) is 0 Å². The second kappa shape index (κ2) is 12.1. The molecule has 3 rings (SSSR count). The van der Waals surface area contributed by atoms with Crippen molar-refractivity contribution in [2.24, 2.45) is 0 Å². The van der Waals surface area contributed by atoms with Crippen LogP contribution in [-0.4, -0.2) is 41.6 Å². The molecular weight excluding hydrogens is 428 g/mol. The summed E-state index contributed by atoms with van der Waals surface area (Å²) in [5, 5.41) is 11.7. The molecule has 0 radical (unpaired) electrons. The summed E-state index contributed by atoms with van der Waals surface area (Å²) in [6, 6.07) is 16.5. The monoisotopic (exact) mass is 456 g/mol. The number of hydrogen-bond acceptors (Lipinski definition) is 6. The molecule has 1 saturated heterocycles. The maximum Gasteiger partial charge on any atom is 0.234 e. The Morgan fingerprint density at radius 2 is 1.84 bits per heavy atom. The fourth-order valence-electron chi connectivity index (χ4n) is 3.21. The van der Waals surface area contributed by atoms with Gasteiger partial charge in [0.2, 0.25) is 17.7 Å². The van der Waals surface area contributed by atoms with Crippen LogP contribution in [0.15, 0.2) is 54.6 Å². The van der Waals surface area contributed by atoms with Crippen LogP contribution >= 0.6 is 11.8 Å². The summed E-state index contributed by atoms with van der Waals surface area (Å²) in [4.78, 5) is 36.6. The molecule has 2 atom stereocenters. The largest absolute Gasteiger partial charge is 0.494 e. The van der Waals surface area contributed by atoms with Gasteiger partial charge in [-0.3, -0.25) is 19.7 Å². The summed E-state index contributed by atoms with van der Waals surface area (Å²) in [5.41, 5.74) is 1.25. The third-order valence-corrected chi connectivity index (χ3v) is 5.72. The van der Waals surface area contributed by atoms with Crippen LogP contribution < -0.4 is 26.0 Å². The molecule has 2 unspecified atom stereocenters. The van der Waals surface area contributed by atoms with E-state index in [9.17, 15) is 14.4 Å². The molecule has 0 aromatic heterocycles. The van der Waals surface area contributed by atoms with Crippen molar-refractivity contribution in [1.29, 1.82) is 0 Å². The minimum atomic E-state index is -0.436. The minimum Gasteiger partial charge on any atom is -0.494 e. The number of carbonyl (C=O) groups is 3. The van der Waals surface area contributed by atoms with Crippen LogP contribution in [0.1, 0.15) is 25.3 Å². The van der Waals surface area contributed by atoms with Gasteiger partial charge in [0.05, 0.1) is 12.4 Å². The SMILES string of the molecule is CCOc1ccc(NC(=O)CSC2NC(=O)CC(CC(=O)NCc3ccccc3)N2)cc1. The van der Waals surface area contributed by atoms with Gasteiger partial charge in [-0.1, -0.05) is 30.3 Å². The Hall–Kier alpha value is -3.04. The molecule has 2 aromatic rings. The maximum atomic E-state index is 12.3. The predicted molar refractivity (Wildman–Crippen MR) is 125 cm³/mol. The van der Waals surface area contributed by atoms with Crippen molar-refractivity contribution in [2.75, 3.05) is 17.7 Å². The van der Waals surface area contributed by atoms with E-state index >= 15 is 0 Å². The van der Waals surface area contributed by atoms with Crippen LogP contribution in [0.2, 0.25) is 0 Å². The Kier molecular flexibility index (Phi) is 8.94. The van der Waals surface area contributed by atoms with Crippen LogP contribution in [0, 0.1) is 0 Å². The van der Waals surface area contributed by atoms with Crippen molar-refractivity contribution in [3.63, 3.8) is 0 Å². The first-order valence-electron chi connectivity index (χ1n) is 10.5. The quantitative estimate of drug-likeness (QED) is 0.437. The van der Waals surface area contributed by atoms with E-state index in [1.165, 1.54) is 11.8 Å². The first-order chi connectivity index (χ1) is 15.5. The molecule has 1 aliphatic rings. The molecule has 0 saturated carbocycles. The summed E-state index contributed by atoms with van der Waals surface area (Å²) < 4.78 is 5.38. The van der Waals surface area contributed by atoms with Gasteiger partial charge in [0, 0.05) is 31.1 Å². The van der Waals surface area contributed by atoms with E-state index in [0.29, 0.717) is 18.8 Å². The van der Waals surface area contributed by atoms with Crippen LogP contribution in [0.25, 0.3) is 0 Å². The first-order valence-corrected chi connectivity index (χ1v) is 11.6. The zero-order valence-electron chi connectivity index (χ0n) is 17.9. The maximum absolute atomic E-state index is 12.3. The Balaban J connectivity index is 1.40. The molecule has 3 amide bonds. The van der Waals surface area contributed by atoms with E-state index in [0.717, 1.165) is 11.3 Å². The van der Waals surface area contributed by atoms with E-state index in [2.05, 4.69) is 21.3 Å². The highest BCUT2D eigenvalue weighted by atomic mass is 32.2. The van der Waals surface area contributed by atoms with Gasteiger partial charge in [0.15, 0.2) is 0 Å². The first kappa shape index (κ1) is 23.6. The van der Waals surface area contributed by atoms with Crippen molar-refractivity contribution < 1.29 is 19.1 Å². The molecule has 2 aromatic carbocycles. The molecule has 4 N–H and O–H groups in total. The minimum absolute atomic E-state index is 0.127. The number of carbonyl (C=O) groups excluding carboxylic acids is 3. The second-order valence-electron chi connectivity index (χ2n) is 7.30. The smallest absolute Gasteiger partial charge is 0.234 e. The van der Waals surface area contributed by atoms with Gasteiger partial charge in [-0.05, 0) is 36.8 Å². The average molecular weight is 457 g/mol. The average Bonchev–Trinajstić information content (AvgIpc) is 2.78. The number of ether oxygens (including phenoxy) is 1. The molecule has 1 aliphatic heterocycles. The highest BCUT2D eigenvalue weighted by Gasteiger charge is 2.28. The van der Waals surface area contributed by atoms with Gasteiger partial charge in [0.25, 0.3) is 0 Å². The highest BCUT2D eigenvalue weighted by Crippen LogP contribution is 2.17. The van der Waals surface area contributed by atoms with E-state index < -0.39 is 5.50 Å². The predicted octanol–water partition coefficient (Wildman–Crippen LogP) is 2.23. The zero-order chi connectivity index (χ0) is 22.8. The standard InChI is InChI=1S/C23H28N4O4S/c1-2-31-19-10-8-17(9-11-19)25-22(30)15-32-23-26-18(13-21(29)27-23)12-20(28)24-14-16-6-4-3-5-7-16/h3-11,18,23,26H,2,12-15H2,1H3,(H,24,28)(H,25,30)(H,27,29). The summed E-state index contributed by atoms with van der Waals surface area (Å²) in [6.45, 7) is 2.94. The number of benzene rings is 2. The van der Waals surface area contributed by atoms with Gasteiger partial charge in [-0.25, -0.2) is 0 Å². The normalized spacial score (nSPS) is 17.8.